The third kappa shape index (κ3) is 5.32. The fraction of sp³-hybridized carbons (Fsp3) is 0.211. The van der Waals surface area contributed by atoms with E-state index in [2.05, 4.69) is 10.2 Å². The number of nitrogens with one attached hydrogen (secondary N) is 1. The summed E-state index contributed by atoms with van der Waals surface area (Å²) in [5.74, 6) is -0.119. The van der Waals surface area contributed by atoms with E-state index < -0.39 is 40.8 Å². The predicted octanol–water partition coefficient (Wildman–Crippen LogP) is 5.23. The molecule has 0 bridgehead atoms. The highest BCUT2D eigenvalue weighted by atomic mass is 32.2. The number of nitrogens with zero attached hydrogens (tertiary/aromatic N) is 2. The Morgan fingerprint density at radius 2 is 1.61 bits per heavy atom. The van der Waals surface area contributed by atoms with Gasteiger partial charge in [0.05, 0.1) is 16.9 Å². The van der Waals surface area contributed by atoms with Crippen molar-refractivity contribution in [3.8, 4) is 23.0 Å². The second-order valence-electron chi connectivity index (χ2n) is 6.57. The molecule has 33 heavy (non-hydrogen) atoms. The second kappa shape index (κ2) is 8.50. The average molecular weight is 491 g/mol. The molecule has 14 heteroatoms. The normalized spacial score (nSPS) is 13.3. The SMILES string of the molecule is O=C(CSc1nnc(-c2ccc3c(c2)OCO3)o1)Nc1cc(C(F)(F)F)cc(C(F)(F)F)c1. The Morgan fingerprint density at radius 3 is 2.27 bits per heavy atom. The van der Waals surface area contributed by atoms with E-state index >= 15 is 0 Å². The number of halogens is 6. The molecule has 7 nitrogen and oxygen atoms in total. The van der Waals surface area contributed by atoms with Gasteiger partial charge in [-0.1, -0.05) is 11.8 Å². The number of carbonyl (C=O) groups excluding carboxylic acids is 1. The van der Waals surface area contributed by atoms with Gasteiger partial charge in [0.2, 0.25) is 18.6 Å². The number of alkyl halides is 6. The van der Waals surface area contributed by atoms with Crippen LogP contribution in [0.3, 0.4) is 0 Å². The molecule has 0 saturated carbocycles. The van der Waals surface area contributed by atoms with Crippen molar-refractivity contribution in [2.45, 2.75) is 17.6 Å². The van der Waals surface area contributed by atoms with Crippen molar-refractivity contribution in [3.05, 3.63) is 47.5 Å². The van der Waals surface area contributed by atoms with Crippen LogP contribution in [0.5, 0.6) is 11.5 Å². The maximum Gasteiger partial charge on any atom is 0.416 e. The summed E-state index contributed by atoms with van der Waals surface area (Å²) in [5.41, 5.74) is -3.20. The molecule has 1 amide bonds. The highest BCUT2D eigenvalue weighted by Crippen LogP contribution is 2.38. The standard InChI is InChI=1S/C19H11F6N3O4S/c20-18(21,22)10-4-11(19(23,24)25)6-12(5-10)26-15(29)7-33-17-28-27-16(32-17)9-1-2-13-14(3-9)31-8-30-13/h1-6H,7-8H2,(H,26,29). The van der Waals surface area contributed by atoms with Crippen molar-refractivity contribution in [2.75, 3.05) is 17.9 Å². The topological polar surface area (TPSA) is 86.5 Å². The third-order valence-electron chi connectivity index (χ3n) is 4.22. The van der Waals surface area contributed by atoms with E-state index in [0.717, 1.165) is 11.8 Å². The first-order valence-corrected chi connectivity index (χ1v) is 9.93. The predicted molar refractivity (Wildman–Crippen MR) is 102 cm³/mol. The van der Waals surface area contributed by atoms with Crippen LogP contribution in [0.15, 0.2) is 46.0 Å². The van der Waals surface area contributed by atoms with Crippen LogP contribution in [0.2, 0.25) is 0 Å². The Labute approximate surface area is 185 Å². The van der Waals surface area contributed by atoms with Crippen molar-refractivity contribution >= 4 is 23.4 Å². The lowest BCUT2D eigenvalue weighted by atomic mass is 10.1. The zero-order chi connectivity index (χ0) is 23.8. The average Bonchev–Trinajstić information content (AvgIpc) is 3.39. The Hall–Kier alpha value is -3.42. The summed E-state index contributed by atoms with van der Waals surface area (Å²) in [6.45, 7) is 0.0785. The lowest BCUT2D eigenvalue weighted by Crippen LogP contribution is -2.17. The van der Waals surface area contributed by atoms with Gasteiger partial charge in [0, 0.05) is 11.3 Å². The first-order valence-electron chi connectivity index (χ1n) is 8.95. The minimum Gasteiger partial charge on any atom is -0.454 e. The van der Waals surface area contributed by atoms with Crippen LogP contribution in [0.25, 0.3) is 11.5 Å². The van der Waals surface area contributed by atoms with Gasteiger partial charge in [0.15, 0.2) is 11.5 Å². The van der Waals surface area contributed by atoms with Gasteiger partial charge in [-0.15, -0.1) is 10.2 Å². The molecule has 174 valence electrons. The monoisotopic (exact) mass is 491 g/mol. The summed E-state index contributed by atoms with van der Waals surface area (Å²) >= 11 is 0.756. The van der Waals surface area contributed by atoms with Gasteiger partial charge in [0.1, 0.15) is 0 Å². The number of rotatable bonds is 5. The quantitative estimate of drug-likeness (QED) is 0.386. The zero-order valence-electron chi connectivity index (χ0n) is 16.1. The summed E-state index contributed by atoms with van der Waals surface area (Å²) < 4.78 is 93.5. The Morgan fingerprint density at radius 1 is 0.939 bits per heavy atom. The van der Waals surface area contributed by atoms with E-state index in [0.29, 0.717) is 29.2 Å². The molecule has 0 radical (unpaired) electrons. The number of hydrogen-bond acceptors (Lipinski definition) is 7. The molecule has 2 heterocycles. The van der Waals surface area contributed by atoms with Crippen LogP contribution in [-0.4, -0.2) is 28.7 Å². The number of hydrogen-bond donors (Lipinski definition) is 1. The van der Waals surface area contributed by atoms with Crippen molar-refractivity contribution < 1.29 is 45.0 Å². The number of carbonyl (C=O) groups is 1. The maximum atomic E-state index is 12.9. The van der Waals surface area contributed by atoms with Crippen molar-refractivity contribution in [2.24, 2.45) is 0 Å². The van der Waals surface area contributed by atoms with E-state index in [1.807, 2.05) is 5.32 Å². The molecule has 3 aromatic rings. The van der Waals surface area contributed by atoms with Gasteiger partial charge in [-0.3, -0.25) is 4.79 Å². The van der Waals surface area contributed by atoms with E-state index in [9.17, 15) is 31.1 Å². The number of fused-ring (bicyclic) bond motifs is 1. The first-order chi connectivity index (χ1) is 15.5. The van der Waals surface area contributed by atoms with E-state index in [1.54, 1.807) is 18.2 Å². The number of benzene rings is 2. The van der Waals surface area contributed by atoms with E-state index in [-0.39, 0.29) is 24.0 Å². The number of ether oxygens (including phenoxy) is 2. The highest BCUT2D eigenvalue weighted by Gasteiger charge is 2.37. The molecule has 0 spiro atoms. The van der Waals surface area contributed by atoms with E-state index in [4.69, 9.17) is 13.9 Å². The van der Waals surface area contributed by atoms with Gasteiger partial charge in [-0.2, -0.15) is 26.3 Å². The molecule has 0 atom stereocenters. The molecule has 2 aromatic carbocycles. The summed E-state index contributed by atoms with van der Waals surface area (Å²) in [6.07, 6.45) is -10.0. The molecular weight excluding hydrogens is 480 g/mol. The Balaban J connectivity index is 1.42. The van der Waals surface area contributed by atoms with Crippen molar-refractivity contribution in [1.82, 2.24) is 10.2 Å². The lowest BCUT2D eigenvalue weighted by molar-refractivity contribution is -0.143. The van der Waals surface area contributed by atoms with Crippen LogP contribution in [0, 0.1) is 0 Å². The number of thioether (sulfide) groups is 1. The molecule has 0 saturated heterocycles. The van der Waals surface area contributed by atoms with Gasteiger partial charge in [0.25, 0.3) is 5.22 Å². The summed E-state index contributed by atoms with van der Waals surface area (Å²) in [5, 5.41) is 9.58. The minimum absolute atomic E-state index is 0.0273. The molecule has 4 rings (SSSR count). The molecule has 1 aromatic heterocycles. The van der Waals surface area contributed by atoms with Gasteiger partial charge >= 0.3 is 12.4 Å². The van der Waals surface area contributed by atoms with Crippen molar-refractivity contribution in [1.29, 1.82) is 0 Å². The van der Waals surface area contributed by atoms with Crippen LogP contribution in [0.1, 0.15) is 11.1 Å². The Kier molecular flexibility index (Phi) is 5.86. The summed E-state index contributed by atoms with van der Waals surface area (Å²) in [4.78, 5) is 12.1. The first kappa shape index (κ1) is 22.8. The molecule has 0 aliphatic carbocycles. The van der Waals surface area contributed by atoms with Gasteiger partial charge in [-0.25, -0.2) is 0 Å². The zero-order valence-corrected chi connectivity index (χ0v) is 16.9. The van der Waals surface area contributed by atoms with E-state index in [1.165, 1.54) is 0 Å². The van der Waals surface area contributed by atoms with Gasteiger partial charge in [-0.05, 0) is 36.4 Å². The van der Waals surface area contributed by atoms with Crippen molar-refractivity contribution in [3.63, 3.8) is 0 Å². The van der Waals surface area contributed by atoms with Crippen LogP contribution in [0.4, 0.5) is 32.0 Å². The number of anilines is 1. The van der Waals surface area contributed by atoms with Crippen LogP contribution in [-0.2, 0) is 17.1 Å². The lowest BCUT2D eigenvalue weighted by Gasteiger charge is -2.14. The summed E-state index contributed by atoms with van der Waals surface area (Å²) in [6, 6.07) is 5.72. The molecule has 1 N–H and O–H groups in total. The Bertz CT molecular complexity index is 1160. The fourth-order valence-electron chi connectivity index (χ4n) is 2.77. The maximum absolute atomic E-state index is 12.9. The largest absolute Gasteiger partial charge is 0.454 e. The number of aromatic nitrogens is 2. The highest BCUT2D eigenvalue weighted by molar-refractivity contribution is 7.99. The van der Waals surface area contributed by atoms with Gasteiger partial charge < -0.3 is 19.2 Å². The molecular formula is C19H11F6N3O4S. The van der Waals surface area contributed by atoms with Crippen LogP contribution >= 0.6 is 11.8 Å². The molecule has 0 fully saturated rings. The minimum atomic E-state index is -5.02. The summed E-state index contributed by atoms with van der Waals surface area (Å²) in [7, 11) is 0. The molecule has 0 unspecified atom stereocenters. The number of amides is 1. The molecule has 1 aliphatic rings. The third-order valence-corrected chi connectivity index (χ3v) is 5.04. The van der Waals surface area contributed by atoms with Crippen LogP contribution < -0.4 is 14.8 Å². The fourth-order valence-corrected chi connectivity index (χ4v) is 3.33. The smallest absolute Gasteiger partial charge is 0.416 e. The second-order valence-corrected chi connectivity index (χ2v) is 7.50. The molecule has 1 aliphatic heterocycles.